The molecule has 174 valence electrons. The first kappa shape index (κ1) is 23.6. The molecule has 0 aliphatic carbocycles. The summed E-state index contributed by atoms with van der Waals surface area (Å²) >= 11 is 0. The quantitative estimate of drug-likeness (QED) is 0.518. The fourth-order valence-electron chi connectivity index (χ4n) is 3.43. The average molecular weight is 454 g/mol. The van der Waals surface area contributed by atoms with Crippen LogP contribution in [0.2, 0.25) is 0 Å². The molecule has 0 aliphatic heterocycles. The van der Waals surface area contributed by atoms with Crippen LogP contribution in [-0.2, 0) is 20.7 Å². The van der Waals surface area contributed by atoms with E-state index in [9.17, 15) is 14.4 Å². The van der Waals surface area contributed by atoms with E-state index in [1.807, 2.05) is 26.8 Å². The van der Waals surface area contributed by atoms with Crippen LogP contribution in [-0.4, -0.2) is 56.3 Å². The van der Waals surface area contributed by atoms with Crippen LogP contribution in [0.25, 0.3) is 5.95 Å². The Labute approximate surface area is 190 Å². The topological polar surface area (TPSA) is 141 Å². The number of hydrogen-bond donors (Lipinski definition) is 2. The summed E-state index contributed by atoms with van der Waals surface area (Å²) in [7, 11) is 1.27. The second-order valence-electron chi connectivity index (χ2n) is 7.48. The van der Waals surface area contributed by atoms with Crippen LogP contribution in [0.5, 0.6) is 0 Å². The van der Waals surface area contributed by atoms with E-state index < -0.39 is 24.5 Å². The van der Waals surface area contributed by atoms with E-state index in [1.165, 1.54) is 11.8 Å². The summed E-state index contributed by atoms with van der Waals surface area (Å²) < 4.78 is 11.4. The number of esters is 2. The van der Waals surface area contributed by atoms with Crippen molar-refractivity contribution in [1.29, 1.82) is 0 Å². The normalized spacial score (nSPS) is 10.7. The molecule has 3 heterocycles. The number of nitrogens with zero attached hydrogens (tertiary/aromatic N) is 4. The lowest BCUT2D eigenvalue weighted by molar-refractivity contribution is -0.119. The molecule has 0 unspecified atom stereocenters. The van der Waals surface area contributed by atoms with Crippen molar-refractivity contribution in [2.24, 2.45) is 0 Å². The summed E-state index contributed by atoms with van der Waals surface area (Å²) in [6, 6.07) is 3.49. The van der Waals surface area contributed by atoms with Gasteiger partial charge in [-0.3, -0.25) is 4.79 Å². The maximum absolute atomic E-state index is 12.6. The Hall–Kier alpha value is -4.02. The van der Waals surface area contributed by atoms with Gasteiger partial charge in [0.15, 0.2) is 6.61 Å². The fraction of sp³-hybridized carbons (Fsp3) is 0.364. The van der Waals surface area contributed by atoms with Gasteiger partial charge in [-0.05, 0) is 45.7 Å². The molecular formula is C22H26N6O5. The first-order chi connectivity index (χ1) is 15.6. The predicted octanol–water partition coefficient (Wildman–Crippen LogP) is 2.37. The standard InChI is InChI=1S/C22H26N6O5/c1-7-15-18(20(30)32-6)14(5)19(25-15)21(31)33-10-17(29)26-16-9-13(4)27-28(16)22-23-11(2)8-12(3)24-22/h8-9,25H,7,10H2,1-6H3,(H,26,29). The van der Waals surface area contributed by atoms with Gasteiger partial charge in [-0.1, -0.05) is 6.92 Å². The molecule has 3 aromatic heterocycles. The van der Waals surface area contributed by atoms with Crippen LogP contribution in [0.15, 0.2) is 12.1 Å². The van der Waals surface area contributed by atoms with Gasteiger partial charge in [0, 0.05) is 23.1 Å². The first-order valence-corrected chi connectivity index (χ1v) is 10.3. The molecular weight excluding hydrogens is 428 g/mol. The van der Waals surface area contributed by atoms with E-state index in [-0.39, 0.29) is 5.69 Å². The summed E-state index contributed by atoms with van der Waals surface area (Å²) in [6.45, 7) is 8.36. The highest BCUT2D eigenvalue weighted by atomic mass is 16.5. The Morgan fingerprint density at radius 1 is 1.03 bits per heavy atom. The lowest BCUT2D eigenvalue weighted by Gasteiger charge is -2.09. The second kappa shape index (κ2) is 9.63. The number of aryl methyl sites for hydroxylation is 4. The monoisotopic (exact) mass is 454 g/mol. The van der Waals surface area contributed by atoms with Crippen LogP contribution in [0.3, 0.4) is 0 Å². The molecule has 3 aromatic rings. The fourth-order valence-corrected chi connectivity index (χ4v) is 3.43. The van der Waals surface area contributed by atoms with Crippen LogP contribution in [0.1, 0.15) is 56.1 Å². The van der Waals surface area contributed by atoms with Gasteiger partial charge in [0.1, 0.15) is 11.5 Å². The van der Waals surface area contributed by atoms with Gasteiger partial charge in [0.25, 0.3) is 11.9 Å². The molecule has 0 aliphatic rings. The minimum absolute atomic E-state index is 0.101. The lowest BCUT2D eigenvalue weighted by Crippen LogP contribution is -2.23. The highest BCUT2D eigenvalue weighted by Crippen LogP contribution is 2.21. The third kappa shape index (κ3) is 5.08. The Bertz CT molecular complexity index is 1210. The van der Waals surface area contributed by atoms with E-state index in [2.05, 4.69) is 25.4 Å². The Morgan fingerprint density at radius 2 is 1.70 bits per heavy atom. The molecule has 0 aromatic carbocycles. The van der Waals surface area contributed by atoms with Crippen LogP contribution in [0, 0.1) is 27.7 Å². The van der Waals surface area contributed by atoms with Crippen molar-refractivity contribution in [1.82, 2.24) is 24.7 Å². The summed E-state index contributed by atoms with van der Waals surface area (Å²) in [4.78, 5) is 48.7. The van der Waals surface area contributed by atoms with Crippen molar-refractivity contribution >= 4 is 23.7 Å². The van der Waals surface area contributed by atoms with E-state index in [1.54, 1.807) is 19.9 Å². The highest BCUT2D eigenvalue weighted by molar-refractivity contribution is 5.99. The van der Waals surface area contributed by atoms with E-state index in [0.717, 1.165) is 11.4 Å². The molecule has 11 heteroatoms. The van der Waals surface area contributed by atoms with Crippen molar-refractivity contribution in [3.8, 4) is 5.95 Å². The molecule has 0 saturated carbocycles. The molecule has 0 atom stereocenters. The van der Waals surface area contributed by atoms with Gasteiger partial charge in [0.05, 0.1) is 18.4 Å². The molecule has 0 bridgehead atoms. The van der Waals surface area contributed by atoms with E-state index in [0.29, 0.717) is 40.7 Å². The van der Waals surface area contributed by atoms with Gasteiger partial charge in [-0.15, -0.1) is 0 Å². The molecule has 1 amide bonds. The number of rotatable bonds is 7. The van der Waals surface area contributed by atoms with Gasteiger partial charge >= 0.3 is 11.9 Å². The summed E-state index contributed by atoms with van der Waals surface area (Å²) in [5.41, 5.74) is 3.53. The number of carbonyl (C=O) groups is 3. The maximum atomic E-state index is 12.6. The maximum Gasteiger partial charge on any atom is 0.355 e. The van der Waals surface area contributed by atoms with Gasteiger partial charge in [0.2, 0.25) is 0 Å². The minimum atomic E-state index is -0.755. The molecule has 33 heavy (non-hydrogen) atoms. The zero-order valence-electron chi connectivity index (χ0n) is 19.4. The highest BCUT2D eigenvalue weighted by Gasteiger charge is 2.25. The summed E-state index contributed by atoms with van der Waals surface area (Å²) in [5, 5.41) is 7.00. The van der Waals surface area contributed by atoms with Gasteiger partial charge in [-0.2, -0.15) is 9.78 Å². The number of carbonyl (C=O) groups excluding carboxylic acids is 3. The number of anilines is 1. The Balaban J connectivity index is 1.73. The number of aromatic amines is 1. The third-order valence-corrected chi connectivity index (χ3v) is 4.87. The van der Waals surface area contributed by atoms with Crippen molar-refractivity contribution < 1.29 is 23.9 Å². The molecule has 3 rings (SSSR count). The van der Waals surface area contributed by atoms with Crippen molar-refractivity contribution in [2.45, 2.75) is 41.0 Å². The van der Waals surface area contributed by atoms with Crippen molar-refractivity contribution in [2.75, 3.05) is 19.0 Å². The van der Waals surface area contributed by atoms with Crippen LogP contribution >= 0.6 is 0 Å². The molecule has 0 radical (unpaired) electrons. The van der Waals surface area contributed by atoms with E-state index in [4.69, 9.17) is 9.47 Å². The SMILES string of the molecule is CCc1[nH]c(C(=O)OCC(=O)Nc2cc(C)nn2-c2nc(C)cc(C)n2)c(C)c1C(=O)OC. The third-order valence-electron chi connectivity index (χ3n) is 4.87. The van der Waals surface area contributed by atoms with Gasteiger partial charge < -0.3 is 19.8 Å². The number of H-pyrrole nitrogens is 1. The molecule has 0 fully saturated rings. The minimum Gasteiger partial charge on any atom is -0.465 e. The van der Waals surface area contributed by atoms with Crippen LogP contribution < -0.4 is 5.32 Å². The first-order valence-electron chi connectivity index (χ1n) is 10.3. The number of hydrogen-bond acceptors (Lipinski definition) is 8. The van der Waals surface area contributed by atoms with Crippen molar-refractivity contribution in [3.05, 3.63) is 51.7 Å². The summed E-state index contributed by atoms with van der Waals surface area (Å²) in [6.07, 6.45) is 0.489. The average Bonchev–Trinajstić information content (AvgIpc) is 3.29. The predicted molar refractivity (Wildman–Crippen MR) is 119 cm³/mol. The number of aromatic nitrogens is 5. The van der Waals surface area contributed by atoms with Crippen molar-refractivity contribution in [3.63, 3.8) is 0 Å². The Morgan fingerprint density at radius 3 is 2.30 bits per heavy atom. The summed E-state index contributed by atoms with van der Waals surface area (Å²) in [5.74, 6) is -1.21. The molecule has 11 nitrogen and oxygen atoms in total. The van der Waals surface area contributed by atoms with Crippen LogP contribution in [0.4, 0.5) is 5.82 Å². The smallest absolute Gasteiger partial charge is 0.355 e. The molecule has 2 N–H and O–H groups in total. The number of amides is 1. The lowest BCUT2D eigenvalue weighted by atomic mass is 10.1. The molecule has 0 saturated heterocycles. The largest absolute Gasteiger partial charge is 0.465 e. The zero-order chi connectivity index (χ0) is 24.3. The number of nitrogens with one attached hydrogen (secondary N) is 2. The Kier molecular flexibility index (Phi) is 6.90. The molecule has 0 spiro atoms. The zero-order valence-corrected chi connectivity index (χ0v) is 19.4. The second-order valence-corrected chi connectivity index (χ2v) is 7.48. The van der Waals surface area contributed by atoms with E-state index >= 15 is 0 Å². The number of ether oxygens (including phenoxy) is 2. The number of methoxy groups -OCH3 is 1. The van der Waals surface area contributed by atoms with Gasteiger partial charge in [-0.25, -0.2) is 19.6 Å².